The van der Waals surface area contributed by atoms with Crippen molar-refractivity contribution in [2.45, 2.75) is 52.5 Å². The second-order valence-electron chi connectivity index (χ2n) is 5.95. The maximum atomic E-state index is 4.40. The van der Waals surface area contributed by atoms with Gasteiger partial charge in [-0.15, -0.1) is 0 Å². The lowest BCUT2D eigenvalue weighted by atomic mass is 9.87. The summed E-state index contributed by atoms with van der Waals surface area (Å²) in [6, 6.07) is 7.30. The smallest absolute Gasteiger partial charge is 0.0681 e. The topological polar surface area (TPSA) is 21.1 Å². The van der Waals surface area contributed by atoms with Crippen LogP contribution in [-0.2, 0) is 7.05 Å². The Kier molecular flexibility index (Phi) is 5.40. The molecule has 1 aromatic heterocycles. The number of hydrogen-bond acceptors (Lipinski definition) is 2. The van der Waals surface area contributed by atoms with Crippen LogP contribution in [0.5, 0.6) is 0 Å². The third-order valence-electron chi connectivity index (χ3n) is 4.53. The van der Waals surface area contributed by atoms with Crippen molar-refractivity contribution in [2.24, 2.45) is 7.05 Å². The van der Waals surface area contributed by atoms with Gasteiger partial charge >= 0.3 is 0 Å². The summed E-state index contributed by atoms with van der Waals surface area (Å²) < 4.78 is 1.97. The molecule has 0 bridgehead atoms. The van der Waals surface area contributed by atoms with E-state index in [9.17, 15) is 0 Å². The van der Waals surface area contributed by atoms with Gasteiger partial charge < -0.3 is 4.90 Å². The fraction of sp³-hybridized carbons (Fsp3) is 0.611. The quantitative estimate of drug-likeness (QED) is 0.826. The van der Waals surface area contributed by atoms with Crippen LogP contribution in [0.4, 0.5) is 0 Å². The molecule has 2 aromatic rings. The number of hydrogen-bond donors (Lipinski definition) is 0. The van der Waals surface area contributed by atoms with E-state index in [1.165, 1.54) is 42.4 Å². The molecule has 2 heterocycles. The van der Waals surface area contributed by atoms with Gasteiger partial charge in [0.05, 0.1) is 11.7 Å². The lowest BCUT2D eigenvalue weighted by molar-refractivity contribution is 0.172. The fourth-order valence-electron chi connectivity index (χ4n) is 3.28. The van der Waals surface area contributed by atoms with Gasteiger partial charge in [0.1, 0.15) is 0 Å². The molecule has 1 aromatic carbocycles. The predicted octanol–water partition coefficient (Wildman–Crippen LogP) is 4.19. The Bertz CT molecular complexity index is 563. The van der Waals surface area contributed by atoms with E-state index in [1.807, 2.05) is 31.8 Å². The zero-order valence-corrected chi connectivity index (χ0v) is 14.1. The molecule has 3 nitrogen and oxygen atoms in total. The van der Waals surface area contributed by atoms with Crippen LogP contribution in [0.25, 0.3) is 10.9 Å². The number of aryl methyl sites for hydroxylation is 1. The standard InChI is InChI=1S/C16H23N3.C2H6/c1-12(2)19-9-7-13(8-10-19)14-5-4-6-16-15(14)11-17-18(16)3;1-2/h4-6,11-13H,7-10H2,1-3H3;1-2H3. The van der Waals surface area contributed by atoms with Gasteiger partial charge in [-0.2, -0.15) is 5.10 Å². The highest BCUT2D eigenvalue weighted by Gasteiger charge is 2.23. The van der Waals surface area contributed by atoms with Gasteiger partial charge in [0.15, 0.2) is 0 Å². The molecule has 0 unspecified atom stereocenters. The summed E-state index contributed by atoms with van der Waals surface area (Å²) in [5.41, 5.74) is 2.75. The van der Waals surface area contributed by atoms with Gasteiger partial charge in [0.2, 0.25) is 0 Å². The molecule has 0 N–H and O–H groups in total. The lowest BCUT2D eigenvalue weighted by Gasteiger charge is -2.35. The maximum absolute atomic E-state index is 4.40. The van der Waals surface area contributed by atoms with Crippen molar-refractivity contribution in [3.05, 3.63) is 30.0 Å². The molecular formula is C18H29N3. The summed E-state index contributed by atoms with van der Waals surface area (Å²) in [6.07, 6.45) is 4.57. The van der Waals surface area contributed by atoms with E-state index in [0.717, 1.165) is 0 Å². The first-order chi connectivity index (χ1) is 10.2. The molecule has 3 rings (SSSR count). The summed E-state index contributed by atoms with van der Waals surface area (Å²) in [7, 11) is 2.02. The van der Waals surface area contributed by atoms with E-state index in [2.05, 4.69) is 42.0 Å². The Balaban J connectivity index is 0.000000774. The van der Waals surface area contributed by atoms with Crippen LogP contribution in [0.3, 0.4) is 0 Å². The van der Waals surface area contributed by atoms with Crippen molar-refractivity contribution >= 4 is 10.9 Å². The summed E-state index contributed by atoms with van der Waals surface area (Å²) in [6.45, 7) is 11.0. The molecular weight excluding hydrogens is 258 g/mol. The van der Waals surface area contributed by atoms with Crippen molar-refractivity contribution in [1.82, 2.24) is 14.7 Å². The summed E-state index contributed by atoms with van der Waals surface area (Å²) in [4.78, 5) is 2.58. The number of rotatable bonds is 2. The highest BCUT2D eigenvalue weighted by Crippen LogP contribution is 2.33. The highest BCUT2D eigenvalue weighted by atomic mass is 15.2. The minimum atomic E-state index is 0.676. The second-order valence-corrected chi connectivity index (χ2v) is 5.95. The molecule has 0 spiro atoms. The van der Waals surface area contributed by atoms with Gasteiger partial charge in [-0.3, -0.25) is 4.68 Å². The number of benzene rings is 1. The van der Waals surface area contributed by atoms with E-state index in [1.54, 1.807) is 0 Å². The summed E-state index contributed by atoms with van der Waals surface area (Å²) in [5.74, 6) is 0.697. The summed E-state index contributed by atoms with van der Waals surface area (Å²) in [5, 5.41) is 5.74. The number of aromatic nitrogens is 2. The largest absolute Gasteiger partial charge is 0.301 e. The number of piperidine rings is 1. The van der Waals surface area contributed by atoms with E-state index in [-0.39, 0.29) is 0 Å². The molecule has 1 fully saturated rings. The highest BCUT2D eigenvalue weighted by molar-refractivity contribution is 5.82. The van der Waals surface area contributed by atoms with E-state index >= 15 is 0 Å². The monoisotopic (exact) mass is 287 g/mol. The van der Waals surface area contributed by atoms with Crippen molar-refractivity contribution < 1.29 is 0 Å². The predicted molar refractivity (Wildman–Crippen MR) is 90.7 cm³/mol. The third-order valence-corrected chi connectivity index (χ3v) is 4.53. The van der Waals surface area contributed by atoms with Crippen LogP contribution in [0.15, 0.2) is 24.4 Å². The number of likely N-dealkylation sites (tertiary alicyclic amines) is 1. The van der Waals surface area contributed by atoms with Crippen LogP contribution < -0.4 is 0 Å². The molecule has 116 valence electrons. The minimum absolute atomic E-state index is 0.676. The van der Waals surface area contributed by atoms with Gasteiger partial charge in [-0.1, -0.05) is 26.0 Å². The third kappa shape index (κ3) is 3.29. The molecule has 21 heavy (non-hydrogen) atoms. The zero-order valence-electron chi connectivity index (χ0n) is 14.1. The Morgan fingerprint density at radius 3 is 2.43 bits per heavy atom. The second kappa shape index (κ2) is 7.08. The molecule has 1 aliphatic rings. The van der Waals surface area contributed by atoms with Crippen LogP contribution in [0, 0.1) is 0 Å². The van der Waals surface area contributed by atoms with Crippen molar-refractivity contribution in [2.75, 3.05) is 13.1 Å². The van der Waals surface area contributed by atoms with E-state index < -0.39 is 0 Å². The Hall–Kier alpha value is -1.35. The molecule has 0 radical (unpaired) electrons. The zero-order chi connectivity index (χ0) is 15.4. The first-order valence-corrected chi connectivity index (χ1v) is 8.31. The van der Waals surface area contributed by atoms with Crippen molar-refractivity contribution in [3.8, 4) is 0 Å². The van der Waals surface area contributed by atoms with Crippen LogP contribution >= 0.6 is 0 Å². The fourth-order valence-corrected chi connectivity index (χ4v) is 3.28. The Morgan fingerprint density at radius 1 is 1.14 bits per heavy atom. The van der Waals surface area contributed by atoms with Gasteiger partial charge in [-0.05, 0) is 57.3 Å². The molecule has 0 saturated carbocycles. The first kappa shape index (κ1) is 16.0. The van der Waals surface area contributed by atoms with Crippen LogP contribution in [-0.4, -0.2) is 33.8 Å². The molecule has 1 saturated heterocycles. The lowest BCUT2D eigenvalue weighted by Crippen LogP contribution is -2.37. The van der Waals surface area contributed by atoms with E-state index in [4.69, 9.17) is 0 Å². The SMILES string of the molecule is CC.CC(C)N1CCC(c2cccc3c2cnn3C)CC1. The molecule has 0 atom stereocenters. The number of nitrogens with zero attached hydrogens (tertiary/aromatic N) is 3. The number of fused-ring (bicyclic) bond motifs is 1. The van der Waals surface area contributed by atoms with Crippen LogP contribution in [0.2, 0.25) is 0 Å². The van der Waals surface area contributed by atoms with Gasteiger partial charge in [-0.25, -0.2) is 0 Å². The molecule has 1 aliphatic heterocycles. The normalized spacial score (nSPS) is 17.0. The maximum Gasteiger partial charge on any atom is 0.0681 e. The van der Waals surface area contributed by atoms with Gasteiger partial charge in [0, 0.05) is 18.5 Å². The van der Waals surface area contributed by atoms with Crippen LogP contribution in [0.1, 0.15) is 52.0 Å². The van der Waals surface area contributed by atoms with Crippen molar-refractivity contribution in [1.29, 1.82) is 0 Å². The Labute approximate surface area is 128 Å². The molecule has 0 amide bonds. The van der Waals surface area contributed by atoms with E-state index in [0.29, 0.717) is 12.0 Å². The molecule has 0 aliphatic carbocycles. The average molecular weight is 287 g/mol. The first-order valence-electron chi connectivity index (χ1n) is 8.31. The molecule has 3 heteroatoms. The van der Waals surface area contributed by atoms with Gasteiger partial charge in [0.25, 0.3) is 0 Å². The summed E-state index contributed by atoms with van der Waals surface area (Å²) >= 11 is 0. The van der Waals surface area contributed by atoms with Crippen molar-refractivity contribution in [3.63, 3.8) is 0 Å². The minimum Gasteiger partial charge on any atom is -0.301 e. The Morgan fingerprint density at radius 2 is 1.81 bits per heavy atom. The average Bonchev–Trinajstić information content (AvgIpc) is 2.91.